The van der Waals surface area contributed by atoms with E-state index >= 15 is 0 Å². The molecule has 2 aromatic carbocycles. The van der Waals surface area contributed by atoms with Crippen LogP contribution in [-0.4, -0.2) is 48.6 Å². The molecule has 1 fully saturated rings. The number of benzene rings is 2. The van der Waals surface area contributed by atoms with Gasteiger partial charge in [0.05, 0.1) is 6.61 Å². The maximum absolute atomic E-state index is 13.1. The van der Waals surface area contributed by atoms with Crippen molar-refractivity contribution in [3.8, 4) is 11.8 Å². The van der Waals surface area contributed by atoms with E-state index in [4.69, 9.17) is 9.15 Å². The molecular formula is C25H23FN4O3. The Morgan fingerprint density at radius 2 is 1.82 bits per heavy atom. The third kappa shape index (κ3) is 5.21. The van der Waals surface area contributed by atoms with Gasteiger partial charge in [-0.05, 0) is 55.0 Å². The number of nitriles is 1. The zero-order valence-electron chi connectivity index (χ0n) is 18.2. The Kier molecular flexibility index (Phi) is 6.69. The van der Waals surface area contributed by atoms with Crippen molar-refractivity contribution in [2.75, 3.05) is 37.7 Å². The lowest BCUT2D eigenvalue weighted by molar-refractivity contribution is 0.0745. The minimum Gasteiger partial charge on any atom is -0.494 e. The van der Waals surface area contributed by atoms with Gasteiger partial charge < -0.3 is 19.0 Å². The van der Waals surface area contributed by atoms with Crippen LogP contribution in [-0.2, 0) is 0 Å². The van der Waals surface area contributed by atoms with Crippen molar-refractivity contribution in [1.29, 1.82) is 5.26 Å². The lowest BCUT2D eigenvalue weighted by Crippen LogP contribution is -2.48. The van der Waals surface area contributed by atoms with Gasteiger partial charge in [-0.3, -0.25) is 4.79 Å². The summed E-state index contributed by atoms with van der Waals surface area (Å²) in [6, 6.07) is 15.2. The standard InChI is InChI=1S/C25H23FN4O3/c1-2-32-21-10-3-18(4-11-21)5-12-23-28-22(17-27)25(33-23)30-15-13-29(14-16-30)24(31)19-6-8-20(26)9-7-19/h3-12H,2,13-16H2,1H3/b12-5+. The minimum absolute atomic E-state index is 0.147. The van der Waals surface area contributed by atoms with E-state index in [1.807, 2.05) is 42.2 Å². The highest BCUT2D eigenvalue weighted by Gasteiger charge is 2.26. The summed E-state index contributed by atoms with van der Waals surface area (Å²) >= 11 is 0. The van der Waals surface area contributed by atoms with Crippen molar-refractivity contribution in [1.82, 2.24) is 9.88 Å². The predicted octanol–water partition coefficient (Wildman–Crippen LogP) is 4.22. The van der Waals surface area contributed by atoms with Crippen LogP contribution in [0.25, 0.3) is 12.2 Å². The third-order valence-electron chi connectivity index (χ3n) is 5.29. The van der Waals surface area contributed by atoms with Gasteiger partial charge in [0.25, 0.3) is 5.91 Å². The van der Waals surface area contributed by atoms with E-state index in [2.05, 4.69) is 11.1 Å². The Hall–Kier alpha value is -4.12. The largest absolute Gasteiger partial charge is 0.494 e. The van der Waals surface area contributed by atoms with Gasteiger partial charge in [-0.1, -0.05) is 12.1 Å². The topological polar surface area (TPSA) is 82.6 Å². The molecule has 0 aliphatic carbocycles. The average molecular weight is 446 g/mol. The Labute approximate surface area is 191 Å². The second-order valence-corrected chi connectivity index (χ2v) is 7.44. The lowest BCUT2D eigenvalue weighted by atomic mass is 10.2. The van der Waals surface area contributed by atoms with E-state index in [9.17, 15) is 14.4 Å². The van der Waals surface area contributed by atoms with Crippen molar-refractivity contribution in [3.05, 3.63) is 77.1 Å². The normalized spacial score (nSPS) is 13.8. The molecule has 2 heterocycles. The number of oxazole rings is 1. The van der Waals surface area contributed by atoms with Crippen LogP contribution in [0.4, 0.5) is 10.3 Å². The maximum atomic E-state index is 13.1. The molecule has 1 aliphatic heterocycles. The molecule has 0 radical (unpaired) electrons. The van der Waals surface area contributed by atoms with Crippen molar-refractivity contribution in [2.24, 2.45) is 0 Å². The summed E-state index contributed by atoms with van der Waals surface area (Å²) in [5, 5.41) is 9.51. The molecule has 1 aromatic heterocycles. The second-order valence-electron chi connectivity index (χ2n) is 7.44. The highest BCUT2D eigenvalue weighted by atomic mass is 19.1. The molecule has 0 atom stereocenters. The van der Waals surface area contributed by atoms with Gasteiger partial charge in [-0.15, -0.1) is 0 Å². The molecule has 3 aromatic rings. The summed E-state index contributed by atoms with van der Waals surface area (Å²) in [4.78, 5) is 20.5. The number of piperazine rings is 1. The summed E-state index contributed by atoms with van der Waals surface area (Å²) in [5.41, 5.74) is 1.60. The fraction of sp³-hybridized carbons (Fsp3) is 0.240. The zero-order chi connectivity index (χ0) is 23.2. The van der Waals surface area contributed by atoms with Crippen LogP contribution in [0.5, 0.6) is 5.75 Å². The summed E-state index contributed by atoms with van der Waals surface area (Å²) in [6.07, 6.45) is 3.57. The first-order valence-corrected chi connectivity index (χ1v) is 10.7. The molecule has 0 saturated carbocycles. The molecule has 7 nitrogen and oxygen atoms in total. The summed E-state index contributed by atoms with van der Waals surface area (Å²) < 4.78 is 24.4. The van der Waals surface area contributed by atoms with Gasteiger partial charge in [0.15, 0.2) is 0 Å². The van der Waals surface area contributed by atoms with Gasteiger partial charge in [0, 0.05) is 37.8 Å². The smallest absolute Gasteiger partial charge is 0.253 e. The average Bonchev–Trinajstić information content (AvgIpc) is 3.27. The SMILES string of the molecule is CCOc1ccc(/C=C/c2nc(C#N)c(N3CCN(C(=O)c4ccc(F)cc4)CC3)o2)cc1. The fourth-order valence-corrected chi connectivity index (χ4v) is 3.58. The van der Waals surface area contributed by atoms with Crippen LogP contribution in [0, 0.1) is 17.1 Å². The number of carbonyl (C=O) groups is 1. The summed E-state index contributed by atoms with van der Waals surface area (Å²) in [7, 11) is 0. The van der Waals surface area contributed by atoms with E-state index in [0.717, 1.165) is 11.3 Å². The van der Waals surface area contributed by atoms with E-state index in [-0.39, 0.29) is 17.4 Å². The Balaban J connectivity index is 1.41. The van der Waals surface area contributed by atoms with Crippen LogP contribution >= 0.6 is 0 Å². The maximum Gasteiger partial charge on any atom is 0.253 e. The van der Waals surface area contributed by atoms with Gasteiger partial charge >= 0.3 is 0 Å². The van der Waals surface area contributed by atoms with Crippen molar-refractivity contribution < 1.29 is 18.3 Å². The molecule has 8 heteroatoms. The highest BCUT2D eigenvalue weighted by molar-refractivity contribution is 5.94. The fourth-order valence-electron chi connectivity index (χ4n) is 3.58. The number of rotatable bonds is 6. The summed E-state index contributed by atoms with van der Waals surface area (Å²) in [6.45, 7) is 4.46. The molecule has 0 unspecified atom stereocenters. The molecule has 4 rings (SSSR count). The molecule has 1 saturated heterocycles. The van der Waals surface area contributed by atoms with Crippen molar-refractivity contribution in [3.63, 3.8) is 0 Å². The van der Waals surface area contributed by atoms with Crippen LogP contribution in [0.3, 0.4) is 0 Å². The number of hydrogen-bond donors (Lipinski definition) is 0. The molecule has 1 amide bonds. The first kappa shape index (κ1) is 22.1. The van der Waals surface area contributed by atoms with E-state index in [1.165, 1.54) is 24.3 Å². The third-order valence-corrected chi connectivity index (χ3v) is 5.29. The number of anilines is 1. The predicted molar refractivity (Wildman–Crippen MR) is 122 cm³/mol. The number of amides is 1. The van der Waals surface area contributed by atoms with Crippen LogP contribution < -0.4 is 9.64 Å². The van der Waals surface area contributed by atoms with E-state index < -0.39 is 0 Å². The van der Waals surface area contributed by atoms with Crippen LogP contribution in [0.2, 0.25) is 0 Å². The van der Waals surface area contributed by atoms with Gasteiger partial charge in [-0.25, -0.2) is 4.39 Å². The van der Waals surface area contributed by atoms with Crippen LogP contribution in [0.15, 0.2) is 52.9 Å². The molecule has 0 bridgehead atoms. The van der Waals surface area contributed by atoms with Gasteiger partial charge in [-0.2, -0.15) is 10.2 Å². The number of nitrogens with zero attached hydrogens (tertiary/aromatic N) is 4. The zero-order valence-corrected chi connectivity index (χ0v) is 18.2. The lowest BCUT2D eigenvalue weighted by Gasteiger charge is -2.34. The first-order valence-electron chi connectivity index (χ1n) is 10.7. The Morgan fingerprint density at radius 3 is 2.45 bits per heavy atom. The monoisotopic (exact) mass is 446 g/mol. The minimum atomic E-state index is -0.377. The van der Waals surface area contributed by atoms with E-state index in [0.29, 0.717) is 50.1 Å². The van der Waals surface area contributed by atoms with Gasteiger partial charge in [0.1, 0.15) is 17.6 Å². The molecular weight excluding hydrogens is 423 g/mol. The first-order chi connectivity index (χ1) is 16.1. The number of hydrogen-bond acceptors (Lipinski definition) is 6. The molecule has 0 N–H and O–H groups in total. The number of ether oxygens (including phenoxy) is 1. The molecule has 0 spiro atoms. The highest BCUT2D eigenvalue weighted by Crippen LogP contribution is 2.25. The number of halogens is 1. The Bertz CT molecular complexity index is 1170. The molecule has 168 valence electrons. The quantitative estimate of drug-likeness (QED) is 0.564. The number of aromatic nitrogens is 1. The summed E-state index contributed by atoms with van der Waals surface area (Å²) in [5.74, 6) is 1.01. The van der Waals surface area contributed by atoms with Crippen LogP contribution in [0.1, 0.15) is 34.4 Å². The Morgan fingerprint density at radius 1 is 1.12 bits per heavy atom. The number of carbonyl (C=O) groups excluding carboxylic acids is 1. The van der Waals surface area contributed by atoms with Gasteiger partial charge in [0.2, 0.25) is 17.5 Å². The van der Waals surface area contributed by atoms with Crippen molar-refractivity contribution in [2.45, 2.75) is 6.92 Å². The van der Waals surface area contributed by atoms with E-state index in [1.54, 1.807) is 11.0 Å². The molecule has 1 aliphatic rings. The second kappa shape index (κ2) is 10.0. The molecule has 33 heavy (non-hydrogen) atoms. The van der Waals surface area contributed by atoms with Crippen molar-refractivity contribution >= 4 is 23.9 Å².